The maximum Gasteiger partial charge on any atom is 0.252 e. The van der Waals surface area contributed by atoms with Crippen LogP contribution in [0.4, 0.5) is 8.78 Å². The van der Waals surface area contributed by atoms with E-state index < -0.39 is 23.9 Å². The molecular formula is C28H27F2N3O3. The molecule has 1 aromatic heterocycles. The average Bonchev–Trinajstić information content (AvgIpc) is 3.37. The highest BCUT2D eigenvalue weighted by molar-refractivity contribution is 6.19. The van der Waals surface area contributed by atoms with E-state index in [9.17, 15) is 14.3 Å². The van der Waals surface area contributed by atoms with E-state index in [4.69, 9.17) is 4.74 Å². The van der Waals surface area contributed by atoms with Crippen molar-refractivity contribution >= 4 is 17.2 Å². The summed E-state index contributed by atoms with van der Waals surface area (Å²) in [4.78, 5) is 22.1. The van der Waals surface area contributed by atoms with Crippen molar-refractivity contribution in [2.24, 2.45) is 4.99 Å². The van der Waals surface area contributed by atoms with E-state index in [1.54, 1.807) is 36.5 Å². The minimum atomic E-state index is -0.998. The summed E-state index contributed by atoms with van der Waals surface area (Å²) in [5, 5.41) is 13.5. The Labute approximate surface area is 208 Å². The lowest BCUT2D eigenvalue weighted by Crippen LogP contribution is -2.47. The summed E-state index contributed by atoms with van der Waals surface area (Å²) in [6, 6.07) is 14.9. The SMILES string of the molecule is CCOC[C@@H](O)[C@@H](Cc1ccccn1)NC(=O)c1cccc(F)c1C1=NCC(c2ccc(F)cc2)=C1. The van der Waals surface area contributed by atoms with Gasteiger partial charge in [0.1, 0.15) is 11.6 Å². The molecule has 1 aliphatic rings. The number of hydrogen-bond acceptors (Lipinski definition) is 5. The third-order valence-corrected chi connectivity index (χ3v) is 5.89. The predicted molar refractivity (Wildman–Crippen MR) is 134 cm³/mol. The van der Waals surface area contributed by atoms with Crippen molar-refractivity contribution in [3.63, 3.8) is 0 Å². The highest BCUT2D eigenvalue weighted by Crippen LogP contribution is 2.25. The van der Waals surface area contributed by atoms with Gasteiger partial charge < -0.3 is 15.2 Å². The summed E-state index contributed by atoms with van der Waals surface area (Å²) in [7, 11) is 0. The second-order valence-corrected chi connectivity index (χ2v) is 8.37. The number of nitrogens with zero attached hydrogens (tertiary/aromatic N) is 2. The van der Waals surface area contributed by atoms with Gasteiger partial charge in [0.25, 0.3) is 5.91 Å². The minimum Gasteiger partial charge on any atom is -0.389 e. The van der Waals surface area contributed by atoms with Gasteiger partial charge in [0.05, 0.1) is 36.6 Å². The number of pyridine rings is 1. The van der Waals surface area contributed by atoms with Crippen LogP contribution in [0.15, 0.2) is 77.9 Å². The van der Waals surface area contributed by atoms with Crippen LogP contribution in [-0.2, 0) is 11.2 Å². The van der Waals surface area contributed by atoms with E-state index in [0.717, 1.165) is 11.1 Å². The molecular weight excluding hydrogens is 464 g/mol. The van der Waals surface area contributed by atoms with Crippen LogP contribution in [0.3, 0.4) is 0 Å². The number of rotatable bonds is 10. The first kappa shape index (κ1) is 25.3. The quantitative estimate of drug-likeness (QED) is 0.449. The Balaban J connectivity index is 1.60. The zero-order valence-corrected chi connectivity index (χ0v) is 19.8. The van der Waals surface area contributed by atoms with E-state index in [1.807, 2.05) is 13.0 Å². The van der Waals surface area contributed by atoms with Gasteiger partial charge in [0.15, 0.2) is 0 Å². The van der Waals surface area contributed by atoms with E-state index in [-0.39, 0.29) is 36.5 Å². The van der Waals surface area contributed by atoms with Gasteiger partial charge in [-0.1, -0.05) is 24.3 Å². The number of ether oxygens (including phenoxy) is 1. The van der Waals surface area contributed by atoms with Crippen molar-refractivity contribution in [1.82, 2.24) is 10.3 Å². The summed E-state index contributed by atoms with van der Waals surface area (Å²) in [6.07, 6.45) is 2.61. The number of amides is 1. The van der Waals surface area contributed by atoms with Crippen molar-refractivity contribution in [3.8, 4) is 0 Å². The molecule has 2 heterocycles. The van der Waals surface area contributed by atoms with Crippen LogP contribution in [0.1, 0.15) is 34.1 Å². The Kier molecular flexibility index (Phi) is 8.30. The fourth-order valence-corrected chi connectivity index (χ4v) is 4.02. The number of halogens is 2. The Bertz CT molecular complexity index is 1260. The van der Waals surface area contributed by atoms with Gasteiger partial charge in [0.2, 0.25) is 0 Å². The van der Waals surface area contributed by atoms with Crippen molar-refractivity contribution in [2.45, 2.75) is 25.5 Å². The number of aromatic nitrogens is 1. The van der Waals surface area contributed by atoms with Crippen LogP contribution in [0, 0.1) is 11.6 Å². The van der Waals surface area contributed by atoms with Crippen molar-refractivity contribution in [2.75, 3.05) is 19.8 Å². The predicted octanol–water partition coefficient (Wildman–Crippen LogP) is 3.98. The summed E-state index contributed by atoms with van der Waals surface area (Å²) in [5.74, 6) is -1.49. The van der Waals surface area contributed by atoms with Crippen LogP contribution in [0.5, 0.6) is 0 Å². The van der Waals surface area contributed by atoms with Gasteiger partial charge in [-0.2, -0.15) is 0 Å². The van der Waals surface area contributed by atoms with Gasteiger partial charge in [-0.05, 0) is 60.5 Å². The molecule has 1 aliphatic heterocycles. The van der Waals surface area contributed by atoms with Gasteiger partial charge in [0, 0.05) is 30.5 Å². The molecule has 0 aliphatic carbocycles. The van der Waals surface area contributed by atoms with Crippen LogP contribution in [0.25, 0.3) is 5.57 Å². The Morgan fingerprint density at radius 2 is 1.92 bits per heavy atom. The summed E-state index contributed by atoms with van der Waals surface area (Å²) < 4.78 is 33.7. The molecule has 8 heteroatoms. The summed E-state index contributed by atoms with van der Waals surface area (Å²) in [6.45, 7) is 2.54. The van der Waals surface area contributed by atoms with Crippen molar-refractivity contribution in [1.29, 1.82) is 0 Å². The van der Waals surface area contributed by atoms with E-state index in [2.05, 4.69) is 15.3 Å². The number of aliphatic hydroxyl groups excluding tert-OH is 1. The number of allylic oxidation sites excluding steroid dienone is 1. The molecule has 1 amide bonds. The third kappa shape index (κ3) is 6.08. The number of nitrogens with one attached hydrogen (secondary N) is 1. The fourth-order valence-electron chi connectivity index (χ4n) is 4.02. The molecule has 2 N–H and O–H groups in total. The molecule has 0 saturated heterocycles. The van der Waals surface area contributed by atoms with Crippen molar-refractivity contribution in [3.05, 3.63) is 107 Å². The van der Waals surface area contributed by atoms with Crippen LogP contribution >= 0.6 is 0 Å². The molecule has 36 heavy (non-hydrogen) atoms. The fraction of sp³-hybridized carbons (Fsp3) is 0.250. The van der Waals surface area contributed by atoms with E-state index >= 15 is 4.39 Å². The smallest absolute Gasteiger partial charge is 0.252 e. The Morgan fingerprint density at radius 1 is 1.11 bits per heavy atom. The molecule has 0 saturated carbocycles. The average molecular weight is 492 g/mol. The second kappa shape index (κ2) is 11.8. The maximum atomic E-state index is 15.0. The number of benzene rings is 2. The molecule has 0 unspecified atom stereocenters. The van der Waals surface area contributed by atoms with Gasteiger partial charge in [-0.15, -0.1) is 0 Å². The van der Waals surface area contributed by atoms with Gasteiger partial charge in [-0.3, -0.25) is 14.8 Å². The topological polar surface area (TPSA) is 83.8 Å². The lowest BCUT2D eigenvalue weighted by atomic mass is 9.98. The van der Waals surface area contributed by atoms with E-state index in [0.29, 0.717) is 18.0 Å². The number of carbonyl (C=O) groups excluding carboxylic acids is 1. The number of aliphatic hydroxyl groups is 1. The molecule has 2 atom stereocenters. The zero-order chi connectivity index (χ0) is 25.5. The van der Waals surface area contributed by atoms with Gasteiger partial charge in [-0.25, -0.2) is 8.78 Å². The molecule has 6 nitrogen and oxygen atoms in total. The largest absolute Gasteiger partial charge is 0.389 e. The molecule has 0 fully saturated rings. The van der Waals surface area contributed by atoms with E-state index in [1.165, 1.54) is 30.3 Å². The summed E-state index contributed by atoms with van der Waals surface area (Å²) >= 11 is 0. The molecule has 3 aromatic rings. The Morgan fingerprint density at radius 3 is 2.64 bits per heavy atom. The monoisotopic (exact) mass is 491 g/mol. The normalized spacial score (nSPS) is 14.7. The standard InChI is InChI=1S/C28H27F2N3O3/c1-2-36-17-26(34)24(15-21-6-3-4-13-31-21)33-28(35)22-7-5-8-23(30)27(22)25-14-19(16-32-25)18-9-11-20(29)12-10-18/h3-14,24,26,34H,2,15-17H2,1H3,(H,33,35)/t24-,26-/m1/s1. The minimum absolute atomic E-state index is 0.0285. The van der Waals surface area contributed by atoms with Crippen LogP contribution in [0.2, 0.25) is 0 Å². The first-order valence-electron chi connectivity index (χ1n) is 11.7. The lowest BCUT2D eigenvalue weighted by Gasteiger charge is -2.24. The number of carbonyl (C=O) groups is 1. The van der Waals surface area contributed by atoms with Crippen LogP contribution in [-0.4, -0.2) is 53.6 Å². The molecule has 0 spiro atoms. The summed E-state index contributed by atoms with van der Waals surface area (Å²) in [5.41, 5.74) is 2.74. The molecule has 2 aromatic carbocycles. The molecule has 4 rings (SSSR count). The molecule has 0 radical (unpaired) electrons. The lowest BCUT2D eigenvalue weighted by molar-refractivity contribution is 0.0206. The second-order valence-electron chi connectivity index (χ2n) is 8.37. The van der Waals surface area contributed by atoms with Crippen molar-refractivity contribution < 1.29 is 23.4 Å². The first-order chi connectivity index (χ1) is 17.5. The highest BCUT2D eigenvalue weighted by atomic mass is 19.1. The highest BCUT2D eigenvalue weighted by Gasteiger charge is 2.27. The molecule has 0 bridgehead atoms. The van der Waals surface area contributed by atoms with Gasteiger partial charge >= 0.3 is 0 Å². The third-order valence-electron chi connectivity index (χ3n) is 5.89. The Hall–Kier alpha value is -3.75. The maximum absolute atomic E-state index is 15.0. The number of aliphatic imine (C=N–C) groups is 1. The van der Waals surface area contributed by atoms with Crippen LogP contribution < -0.4 is 5.32 Å². The zero-order valence-electron chi connectivity index (χ0n) is 19.8. The molecule has 186 valence electrons. The first-order valence-corrected chi connectivity index (χ1v) is 11.7. The number of hydrogen-bond donors (Lipinski definition) is 2.